The zero-order valence-corrected chi connectivity index (χ0v) is 9.96. The van der Waals surface area contributed by atoms with Crippen LogP contribution in [-0.2, 0) is 9.53 Å². The van der Waals surface area contributed by atoms with Gasteiger partial charge in [-0.1, -0.05) is 0 Å². The predicted octanol–water partition coefficient (Wildman–Crippen LogP) is 0.739. The largest absolute Gasteiger partial charge is 0.488 e. The number of amides is 1. The molecule has 1 atom stereocenters. The molecule has 16 heavy (non-hydrogen) atoms. The molecule has 0 aromatic rings. The third-order valence-corrected chi connectivity index (χ3v) is 2.60. The number of aliphatic imine (C=N–C) groups is 1. The summed E-state index contributed by atoms with van der Waals surface area (Å²) in [4.78, 5) is 14.9. The Morgan fingerprint density at radius 3 is 3.12 bits per heavy atom. The number of hydrogen-bond acceptors (Lipinski definition) is 3. The van der Waals surface area contributed by atoms with E-state index in [1.165, 1.54) is 7.05 Å². The normalized spacial score (nSPS) is 21.2. The van der Waals surface area contributed by atoms with Gasteiger partial charge in [0.25, 0.3) is 5.91 Å². The summed E-state index contributed by atoms with van der Waals surface area (Å²) < 4.78 is 5.32. The van der Waals surface area contributed by atoms with Gasteiger partial charge in [-0.3, -0.25) is 15.1 Å². The van der Waals surface area contributed by atoms with Gasteiger partial charge in [-0.2, -0.15) is 0 Å². The highest BCUT2D eigenvalue weighted by atomic mass is 35.5. The number of nitrogens with two attached hydrogens (primary N) is 1. The molecule has 0 aromatic carbocycles. The van der Waals surface area contributed by atoms with Gasteiger partial charge in [0.1, 0.15) is 0 Å². The number of allylic oxidation sites excluding steroid dienone is 2. The summed E-state index contributed by atoms with van der Waals surface area (Å²) in [6.45, 7) is -0.0466. The van der Waals surface area contributed by atoms with Crippen LogP contribution in [0.15, 0.2) is 16.8 Å². The Balaban J connectivity index is 2.27. The van der Waals surface area contributed by atoms with E-state index < -0.39 is 0 Å². The van der Waals surface area contributed by atoms with Crippen LogP contribution < -0.4 is 11.1 Å². The lowest BCUT2D eigenvalue weighted by molar-refractivity contribution is -0.123. The van der Waals surface area contributed by atoms with E-state index in [-0.39, 0.29) is 23.9 Å². The molecule has 0 saturated carbocycles. The molecular formula is C10H16ClN3O2. The van der Waals surface area contributed by atoms with Crippen molar-refractivity contribution in [2.45, 2.75) is 24.6 Å². The lowest BCUT2D eigenvalue weighted by Gasteiger charge is -2.17. The molecule has 3 N–H and O–H groups in total. The number of carbonyl (C=O) groups is 1. The molecule has 0 radical (unpaired) electrons. The van der Waals surface area contributed by atoms with Crippen LogP contribution >= 0.6 is 11.6 Å². The number of carbonyl (C=O) groups excluding carboxylic acids is 1. The van der Waals surface area contributed by atoms with Gasteiger partial charge in [0.15, 0.2) is 12.6 Å². The van der Waals surface area contributed by atoms with E-state index in [9.17, 15) is 4.79 Å². The minimum Gasteiger partial charge on any atom is -0.488 e. The molecule has 90 valence electrons. The fraction of sp³-hybridized carbons (Fsp3) is 0.600. The first-order chi connectivity index (χ1) is 7.61. The molecule has 0 saturated heterocycles. The fourth-order valence-electron chi connectivity index (χ4n) is 1.30. The van der Waals surface area contributed by atoms with E-state index in [0.29, 0.717) is 0 Å². The van der Waals surface area contributed by atoms with Gasteiger partial charge in [-0.25, -0.2) is 0 Å². The minimum atomic E-state index is -0.308. The molecule has 5 nitrogen and oxygen atoms in total. The number of rotatable bonds is 3. The average molecular weight is 246 g/mol. The number of ether oxygens (including phenoxy) is 1. The molecule has 0 heterocycles. The molecule has 1 rings (SSSR count). The van der Waals surface area contributed by atoms with Gasteiger partial charge < -0.3 is 10.5 Å². The standard InChI is InChI=1S/C10H16ClN3O2/c1-13-10(12)14-9(15)6-16-8-4-2-7(11)3-5-8/h4,7H,2-3,5-6H2,1H3,(H3,12,13,14,15). The summed E-state index contributed by atoms with van der Waals surface area (Å²) in [5.74, 6) is 0.600. The Labute approximate surface area is 99.7 Å². The number of halogens is 1. The second-order valence-corrected chi connectivity index (χ2v) is 4.11. The highest BCUT2D eigenvalue weighted by Gasteiger charge is 2.13. The van der Waals surface area contributed by atoms with Crippen LogP contribution in [0.3, 0.4) is 0 Å². The summed E-state index contributed by atoms with van der Waals surface area (Å²) >= 11 is 5.92. The Kier molecular flexibility index (Phi) is 5.11. The number of nitrogens with one attached hydrogen (secondary N) is 1. The summed E-state index contributed by atoms with van der Waals surface area (Å²) in [7, 11) is 1.50. The van der Waals surface area contributed by atoms with Crippen molar-refractivity contribution in [2.24, 2.45) is 10.7 Å². The molecule has 0 aromatic heterocycles. The molecule has 0 spiro atoms. The monoisotopic (exact) mass is 245 g/mol. The fourth-order valence-corrected chi connectivity index (χ4v) is 1.50. The van der Waals surface area contributed by atoms with Crippen molar-refractivity contribution in [3.63, 3.8) is 0 Å². The van der Waals surface area contributed by atoms with Crippen molar-refractivity contribution in [3.8, 4) is 0 Å². The molecule has 0 fully saturated rings. The molecule has 1 aliphatic carbocycles. The highest BCUT2D eigenvalue weighted by Crippen LogP contribution is 2.22. The second-order valence-electron chi connectivity index (χ2n) is 3.49. The SMILES string of the molecule is CN=C(N)NC(=O)COC1=CCC(Cl)CC1. The van der Waals surface area contributed by atoms with Crippen LogP contribution in [0.2, 0.25) is 0 Å². The molecule has 6 heteroatoms. The molecular weight excluding hydrogens is 230 g/mol. The minimum absolute atomic E-state index is 0.0466. The zero-order chi connectivity index (χ0) is 12.0. The maximum absolute atomic E-state index is 11.3. The summed E-state index contributed by atoms with van der Waals surface area (Å²) in [6.07, 6.45) is 4.37. The third kappa shape index (κ3) is 4.53. The van der Waals surface area contributed by atoms with Crippen molar-refractivity contribution in [3.05, 3.63) is 11.8 Å². The van der Waals surface area contributed by atoms with Crippen LogP contribution in [0.4, 0.5) is 0 Å². The summed E-state index contributed by atoms with van der Waals surface area (Å²) in [5, 5.41) is 2.57. The number of hydrogen-bond donors (Lipinski definition) is 2. The quantitative estimate of drug-likeness (QED) is 0.437. The van der Waals surface area contributed by atoms with E-state index in [0.717, 1.165) is 25.0 Å². The smallest absolute Gasteiger partial charge is 0.264 e. The Hall–Kier alpha value is -1.23. The van der Waals surface area contributed by atoms with Crippen LogP contribution in [0.5, 0.6) is 0 Å². The van der Waals surface area contributed by atoms with Crippen LogP contribution in [0.25, 0.3) is 0 Å². The van der Waals surface area contributed by atoms with E-state index in [2.05, 4.69) is 10.3 Å². The van der Waals surface area contributed by atoms with E-state index >= 15 is 0 Å². The lowest BCUT2D eigenvalue weighted by Crippen LogP contribution is -2.38. The Bertz CT molecular complexity index is 315. The van der Waals surface area contributed by atoms with Crippen LogP contribution in [-0.4, -0.2) is 30.9 Å². The molecule has 0 bridgehead atoms. The van der Waals surface area contributed by atoms with Crippen molar-refractivity contribution in [2.75, 3.05) is 13.7 Å². The number of guanidine groups is 1. The van der Waals surface area contributed by atoms with Crippen molar-refractivity contribution >= 4 is 23.5 Å². The molecule has 0 aliphatic heterocycles. The van der Waals surface area contributed by atoms with Gasteiger partial charge in [0.05, 0.1) is 5.76 Å². The molecule has 1 amide bonds. The second kappa shape index (κ2) is 6.37. The summed E-state index contributed by atoms with van der Waals surface area (Å²) in [6, 6.07) is 0. The molecule has 1 aliphatic rings. The molecule has 1 unspecified atom stereocenters. The average Bonchev–Trinajstić information content (AvgIpc) is 2.28. The van der Waals surface area contributed by atoms with Crippen molar-refractivity contribution in [1.29, 1.82) is 0 Å². The van der Waals surface area contributed by atoms with Gasteiger partial charge in [-0.15, -0.1) is 11.6 Å². The van der Waals surface area contributed by atoms with Gasteiger partial charge in [0, 0.05) is 18.8 Å². The van der Waals surface area contributed by atoms with Crippen LogP contribution in [0.1, 0.15) is 19.3 Å². The van der Waals surface area contributed by atoms with Gasteiger partial charge >= 0.3 is 0 Å². The lowest BCUT2D eigenvalue weighted by atomic mass is 10.1. The number of nitrogens with zero attached hydrogens (tertiary/aromatic N) is 1. The maximum Gasteiger partial charge on any atom is 0.264 e. The zero-order valence-electron chi connectivity index (χ0n) is 9.20. The van der Waals surface area contributed by atoms with Crippen LogP contribution in [0, 0.1) is 0 Å². The summed E-state index contributed by atoms with van der Waals surface area (Å²) in [5.41, 5.74) is 5.33. The van der Waals surface area contributed by atoms with E-state index in [1.54, 1.807) is 0 Å². The van der Waals surface area contributed by atoms with E-state index in [1.807, 2.05) is 6.08 Å². The first-order valence-corrected chi connectivity index (χ1v) is 5.53. The van der Waals surface area contributed by atoms with E-state index in [4.69, 9.17) is 22.1 Å². The highest BCUT2D eigenvalue weighted by molar-refractivity contribution is 6.20. The number of alkyl halides is 1. The van der Waals surface area contributed by atoms with Gasteiger partial charge in [0.2, 0.25) is 0 Å². The Morgan fingerprint density at radius 1 is 1.81 bits per heavy atom. The topological polar surface area (TPSA) is 76.7 Å². The third-order valence-electron chi connectivity index (χ3n) is 2.20. The Morgan fingerprint density at radius 2 is 2.56 bits per heavy atom. The van der Waals surface area contributed by atoms with Crippen molar-refractivity contribution in [1.82, 2.24) is 5.32 Å². The first kappa shape index (κ1) is 12.8. The first-order valence-electron chi connectivity index (χ1n) is 5.10. The van der Waals surface area contributed by atoms with Gasteiger partial charge in [-0.05, 0) is 18.9 Å². The van der Waals surface area contributed by atoms with Crippen molar-refractivity contribution < 1.29 is 9.53 Å². The maximum atomic E-state index is 11.3. The predicted molar refractivity (Wildman–Crippen MR) is 63.2 cm³/mol.